The molecule has 2 rings (SSSR count). The lowest BCUT2D eigenvalue weighted by atomic mass is 9.76. The van der Waals surface area contributed by atoms with Crippen LogP contribution >= 0.6 is 15.9 Å². The van der Waals surface area contributed by atoms with Gasteiger partial charge in [-0.25, -0.2) is 0 Å². The summed E-state index contributed by atoms with van der Waals surface area (Å²) in [4.78, 5) is 11.7. The summed E-state index contributed by atoms with van der Waals surface area (Å²) in [7, 11) is 1.72. The Hall–Kier alpha value is -0.870. The van der Waals surface area contributed by atoms with E-state index >= 15 is 0 Å². The van der Waals surface area contributed by atoms with Crippen LogP contribution in [0.15, 0.2) is 28.7 Å². The minimum absolute atomic E-state index is 0.207. The van der Waals surface area contributed by atoms with Gasteiger partial charge in [-0.15, -0.1) is 0 Å². The Morgan fingerprint density at radius 1 is 1.45 bits per heavy atom. The number of carbonyl (C=O) groups is 1. The first-order chi connectivity index (χ1) is 9.61. The molecule has 20 heavy (non-hydrogen) atoms. The van der Waals surface area contributed by atoms with Gasteiger partial charge in [-0.05, 0) is 43.2 Å². The van der Waals surface area contributed by atoms with Gasteiger partial charge < -0.3 is 9.84 Å². The summed E-state index contributed by atoms with van der Waals surface area (Å²) in [5.41, 5.74) is 1.07. The highest BCUT2D eigenvalue weighted by atomic mass is 79.9. The van der Waals surface area contributed by atoms with Crippen LogP contribution in [0, 0.1) is 11.8 Å². The zero-order valence-electron chi connectivity index (χ0n) is 11.7. The Kier molecular flexibility index (Phi) is 5.61. The summed E-state index contributed by atoms with van der Waals surface area (Å²) >= 11 is 3.51. The van der Waals surface area contributed by atoms with Gasteiger partial charge in [0.15, 0.2) is 0 Å². The molecule has 1 aromatic carbocycles. The van der Waals surface area contributed by atoms with E-state index in [1.807, 2.05) is 24.3 Å². The average Bonchev–Trinajstić information content (AvgIpc) is 2.46. The summed E-state index contributed by atoms with van der Waals surface area (Å²) in [6.07, 6.45) is 4.75. The average molecular weight is 341 g/mol. The molecule has 1 aromatic rings. The van der Waals surface area contributed by atoms with E-state index in [0.29, 0.717) is 6.42 Å². The summed E-state index contributed by atoms with van der Waals surface area (Å²) in [5, 5.41) is 9.58. The zero-order valence-corrected chi connectivity index (χ0v) is 13.3. The van der Waals surface area contributed by atoms with E-state index in [9.17, 15) is 9.90 Å². The van der Waals surface area contributed by atoms with Crippen molar-refractivity contribution in [3.05, 3.63) is 34.3 Å². The molecule has 0 aromatic heterocycles. The van der Waals surface area contributed by atoms with Crippen molar-refractivity contribution in [2.45, 2.75) is 38.2 Å². The molecule has 0 amide bonds. The van der Waals surface area contributed by atoms with Crippen LogP contribution in [0.1, 0.15) is 31.2 Å². The van der Waals surface area contributed by atoms with Gasteiger partial charge in [0.1, 0.15) is 0 Å². The second kappa shape index (κ2) is 7.23. The van der Waals surface area contributed by atoms with Crippen LogP contribution in [0.3, 0.4) is 0 Å². The van der Waals surface area contributed by atoms with E-state index in [1.165, 1.54) is 0 Å². The molecular weight excluding hydrogens is 320 g/mol. The smallest absolute Gasteiger partial charge is 0.307 e. The number of ether oxygens (including phenoxy) is 1. The number of benzene rings is 1. The Morgan fingerprint density at radius 2 is 2.20 bits per heavy atom. The van der Waals surface area contributed by atoms with Gasteiger partial charge in [0.05, 0.1) is 12.0 Å². The third-order valence-electron chi connectivity index (χ3n) is 4.28. The maximum atomic E-state index is 11.7. The van der Waals surface area contributed by atoms with Crippen molar-refractivity contribution in [3.63, 3.8) is 0 Å². The Labute approximate surface area is 128 Å². The van der Waals surface area contributed by atoms with Crippen LogP contribution in [0.2, 0.25) is 0 Å². The van der Waals surface area contributed by atoms with Crippen molar-refractivity contribution in [1.29, 1.82) is 0 Å². The number of carboxylic acids is 1. The van der Waals surface area contributed by atoms with Crippen LogP contribution in [0.5, 0.6) is 0 Å². The van der Waals surface area contributed by atoms with Gasteiger partial charge in [-0.2, -0.15) is 0 Å². The maximum absolute atomic E-state index is 11.7. The Balaban J connectivity index is 2.11. The van der Waals surface area contributed by atoms with E-state index < -0.39 is 5.97 Å². The summed E-state index contributed by atoms with van der Waals surface area (Å²) in [5.74, 6) is -0.813. The lowest BCUT2D eigenvalue weighted by Crippen LogP contribution is -2.32. The van der Waals surface area contributed by atoms with Crippen molar-refractivity contribution in [2.75, 3.05) is 7.11 Å². The molecule has 0 bridgehead atoms. The number of rotatable bonds is 5. The van der Waals surface area contributed by atoms with E-state index in [1.54, 1.807) is 7.11 Å². The van der Waals surface area contributed by atoms with Crippen LogP contribution in [-0.2, 0) is 16.0 Å². The lowest BCUT2D eigenvalue weighted by molar-refractivity contribution is -0.144. The first-order valence-electron chi connectivity index (χ1n) is 7.10. The molecule has 1 aliphatic carbocycles. The van der Waals surface area contributed by atoms with Crippen molar-refractivity contribution >= 4 is 21.9 Å². The summed E-state index contributed by atoms with van der Waals surface area (Å²) in [6.45, 7) is 0. The number of methoxy groups -OCH3 is 1. The van der Waals surface area contributed by atoms with Gasteiger partial charge >= 0.3 is 5.97 Å². The normalized spacial score (nSPS) is 24.3. The third-order valence-corrected chi connectivity index (χ3v) is 5.06. The minimum Gasteiger partial charge on any atom is -0.481 e. The number of carboxylic acid groups (broad SMARTS) is 1. The fraction of sp³-hybridized carbons (Fsp3) is 0.562. The van der Waals surface area contributed by atoms with Crippen molar-refractivity contribution in [2.24, 2.45) is 11.8 Å². The molecule has 3 unspecified atom stereocenters. The van der Waals surface area contributed by atoms with E-state index in [-0.39, 0.29) is 17.9 Å². The predicted octanol–water partition coefficient (Wildman–Crippen LogP) is 3.90. The second-order valence-electron chi connectivity index (χ2n) is 5.52. The van der Waals surface area contributed by atoms with Crippen molar-refractivity contribution in [1.82, 2.24) is 0 Å². The predicted molar refractivity (Wildman–Crippen MR) is 81.7 cm³/mol. The molecular formula is C16H21BrO3. The molecule has 0 aliphatic heterocycles. The minimum atomic E-state index is -0.692. The van der Waals surface area contributed by atoms with Crippen molar-refractivity contribution in [3.8, 4) is 0 Å². The highest BCUT2D eigenvalue weighted by Crippen LogP contribution is 2.34. The van der Waals surface area contributed by atoms with Gasteiger partial charge in [0.25, 0.3) is 0 Å². The second-order valence-corrected chi connectivity index (χ2v) is 6.38. The molecule has 1 fully saturated rings. The largest absolute Gasteiger partial charge is 0.481 e. The van der Waals surface area contributed by atoms with Gasteiger partial charge in [-0.3, -0.25) is 4.79 Å². The van der Waals surface area contributed by atoms with Gasteiger partial charge in [0.2, 0.25) is 0 Å². The number of aliphatic carboxylic acids is 1. The molecule has 0 saturated heterocycles. The maximum Gasteiger partial charge on any atom is 0.307 e. The standard InChI is InChI=1S/C16H21BrO3/c1-20-13-7-4-6-11(9-13)14(16(18)19)10-12-5-2-3-8-15(12)17/h2-3,5,8,11,13-14H,4,6-7,9-10H2,1H3,(H,18,19). The number of hydrogen-bond acceptors (Lipinski definition) is 2. The first-order valence-corrected chi connectivity index (χ1v) is 7.90. The Morgan fingerprint density at radius 3 is 2.85 bits per heavy atom. The molecule has 1 N–H and O–H groups in total. The molecule has 3 atom stereocenters. The lowest BCUT2D eigenvalue weighted by Gasteiger charge is -2.32. The number of hydrogen-bond donors (Lipinski definition) is 1. The monoisotopic (exact) mass is 340 g/mol. The Bertz CT molecular complexity index is 461. The van der Waals surface area contributed by atoms with Crippen LogP contribution in [0.25, 0.3) is 0 Å². The topological polar surface area (TPSA) is 46.5 Å². The fourth-order valence-corrected chi connectivity index (χ4v) is 3.56. The van der Waals surface area contributed by atoms with Gasteiger partial charge in [0, 0.05) is 11.6 Å². The molecule has 0 radical (unpaired) electrons. The molecule has 0 spiro atoms. The zero-order chi connectivity index (χ0) is 14.5. The molecule has 4 heteroatoms. The van der Waals surface area contributed by atoms with E-state index in [2.05, 4.69) is 15.9 Å². The van der Waals surface area contributed by atoms with Gasteiger partial charge in [-0.1, -0.05) is 40.5 Å². The van der Waals surface area contributed by atoms with Crippen LogP contribution in [-0.4, -0.2) is 24.3 Å². The SMILES string of the molecule is COC1CCCC(C(Cc2ccccc2Br)C(=O)O)C1. The molecule has 3 nitrogen and oxygen atoms in total. The molecule has 1 saturated carbocycles. The van der Waals surface area contributed by atoms with Crippen LogP contribution in [0.4, 0.5) is 0 Å². The highest BCUT2D eigenvalue weighted by molar-refractivity contribution is 9.10. The quantitative estimate of drug-likeness (QED) is 0.884. The summed E-state index contributed by atoms with van der Waals surface area (Å²) < 4.78 is 6.41. The molecule has 1 aliphatic rings. The van der Waals surface area contributed by atoms with E-state index in [0.717, 1.165) is 35.7 Å². The third kappa shape index (κ3) is 3.83. The summed E-state index contributed by atoms with van der Waals surface area (Å²) in [6, 6.07) is 7.87. The first kappa shape index (κ1) is 15.5. The van der Waals surface area contributed by atoms with E-state index in [4.69, 9.17) is 4.74 Å². The fourth-order valence-electron chi connectivity index (χ4n) is 3.12. The number of halogens is 1. The molecule has 0 heterocycles. The molecule has 110 valence electrons. The van der Waals surface area contributed by atoms with Crippen molar-refractivity contribution < 1.29 is 14.6 Å². The highest BCUT2D eigenvalue weighted by Gasteiger charge is 2.33. The van der Waals surface area contributed by atoms with Crippen LogP contribution < -0.4 is 0 Å².